The van der Waals surface area contributed by atoms with E-state index in [9.17, 15) is 4.79 Å². The molecule has 0 atom stereocenters. The van der Waals surface area contributed by atoms with Crippen molar-refractivity contribution in [1.82, 2.24) is 25.1 Å². The molecule has 0 unspecified atom stereocenters. The quantitative estimate of drug-likeness (QED) is 0.591. The molecule has 158 valence electrons. The van der Waals surface area contributed by atoms with Crippen molar-refractivity contribution in [2.45, 2.75) is 19.4 Å². The lowest BCUT2D eigenvalue weighted by atomic mass is 10.2. The lowest BCUT2D eigenvalue weighted by Gasteiger charge is -2.34. The summed E-state index contributed by atoms with van der Waals surface area (Å²) >= 11 is 0. The average molecular weight is 408 g/mol. The van der Waals surface area contributed by atoms with Gasteiger partial charge in [0.2, 0.25) is 0 Å². The molecule has 0 aliphatic carbocycles. The lowest BCUT2D eigenvalue weighted by molar-refractivity contribution is 0.135. The second kappa shape index (κ2) is 9.63. The summed E-state index contributed by atoms with van der Waals surface area (Å²) in [6.07, 6.45) is 1.69. The fourth-order valence-corrected chi connectivity index (χ4v) is 3.79. The molecule has 2 aromatic carbocycles. The first-order valence-corrected chi connectivity index (χ1v) is 10.5. The maximum atomic E-state index is 12.4. The Hall–Kier alpha value is -3.06. The zero-order valence-electron chi connectivity index (χ0n) is 17.4. The molecule has 2 heterocycles. The molecule has 0 radical (unpaired) electrons. The van der Waals surface area contributed by atoms with Gasteiger partial charge in [-0.25, -0.2) is 9.78 Å². The van der Waals surface area contributed by atoms with Crippen LogP contribution in [0.4, 0.5) is 4.79 Å². The van der Waals surface area contributed by atoms with Gasteiger partial charge in [0.1, 0.15) is 11.6 Å². The average Bonchev–Trinajstić information content (AvgIpc) is 3.20. The number of aryl methyl sites for hydroxylation is 1. The molecule has 7 nitrogen and oxygen atoms in total. The number of piperazine rings is 1. The number of benzene rings is 2. The van der Waals surface area contributed by atoms with E-state index >= 15 is 0 Å². The second-order valence-electron chi connectivity index (χ2n) is 7.65. The van der Waals surface area contributed by atoms with Crippen molar-refractivity contribution in [3.05, 3.63) is 59.9 Å². The number of ether oxygens (including phenoxy) is 1. The number of aromatic nitrogens is 2. The van der Waals surface area contributed by atoms with Crippen LogP contribution in [0.3, 0.4) is 0 Å². The Morgan fingerprint density at radius 1 is 1.10 bits per heavy atom. The number of amides is 2. The highest BCUT2D eigenvalue weighted by Crippen LogP contribution is 2.14. The molecule has 3 aromatic rings. The summed E-state index contributed by atoms with van der Waals surface area (Å²) in [4.78, 5) is 24.6. The van der Waals surface area contributed by atoms with Crippen LogP contribution in [-0.4, -0.2) is 65.6 Å². The topological polar surface area (TPSA) is 73.5 Å². The van der Waals surface area contributed by atoms with Crippen LogP contribution < -0.4 is 10.1 Å². The number of aromatic amines is 1. The SMILES string of the molecule is COc1ccc(CN2CCN(C(=O)NCCCc3nc4ccccc4[nH]3)CC2)cc1. The van der Waals surface area contributed by atoms with Gasteiger partial charge in [0.25, 0.3) is 0 Å². The number of nitrogens with zero attached hydrogens (tertiary/aromatic N) is 3. The van der Waals surface area contributed by atoms with Crippen LogP contribution in [0, 0.1) is 0 Å². The lowest BCUT2D eigenvalue weighted by Crippen LogP contribution is -2.51. The van der Waals surface area contributed by atoms with Crippen LogP contribution in [0.2, 0.25) is 0 Å². The van der Waals surface area contributed by atoms with Gasteiger partial charge in [-0.3, -0.25) is 4.90 Å². The molecule has 2 N–H and O–H groups in total. The summed E-state index contributed by atoms with van der Waals surface area (Å²) in [7, 11) is 1.68. The molecule has 30 heavy (non-hydrogen) atoms. The van der Waals surface area contributed by atoms with Crippen LogP contribution in [-0.2, 0) is 13.0 Å². The van der Waals surface area contributed by atoms with Crippen LogP contribution in [0.25, 0.3) is 11.0 Å². The number of para-hydroxylation sites is 2. The Bertz CT molecular complexity index is 928. The van der Waals surface area contributed by atoms with Crippen LogP contribution in [0.15, 0.2) is 48.5 Å². The number of imidazole rings is 1. The van der Waals surface area contributed by atoms with Gasteiger partial charge in [-0.05, 0) is 36.2 Å². The summed E-state index contributed by atoms with van der Waals surface area (Å²) in [5, 5.41) is 3.05. The number of hydrogen-bond donors (Lipinski definition) is 2. The smallest absolute Gasteiger partial charge is 0.317 e. The molecule has 0 spiro atoms. The van der Waals surface area contributed by atoms with Gasteiger partial charge in [0, 0.05) is 45.7 Å². The Morgan fingerprint density at radius 3 is 2.60 bits per heavy atom. The molecule has 1 saturated heterocycles. The van der Waals surface area contributed by atoms with E-state index in [0.717, 1.165) is 68.2 Å². The highest BCUT2D eigenvalue weighted by atomic mass is 16.5. The summed E-state index contributed by atoms with van der Waals surface area (Å²) in [6, 6.07) is 16.2. The largest absolute Gasteiger partial charge is 0.497 e. The van der Waals surface area contributed by atoms with Gasteiger partial charge in [-0.2, -0.15) is 0 Å². The summed E-state index contributed by atoms with van der Waals surface area (Å²) in [5.41, 5.74) is 3.31. The third kappa shape index (κ3) is 5.10. The van der Waals surface area contributed by atoms with E-state index in [2.05, 4.69) is 32.3 Å². The first kappa shape index (κ1) is 20.2. The number of nitrogens with one attached hydrogen (secondary N) is 2. The van der Waals surface area contributed by atoms with Crippen molar-refractivity contribution >= 4 is 17.1 Å². The van der Waals surface area contributed by atoms with E-state index < -0.39 is 0 Å². The first-order valence-electron chi connectivity index (χ1n) is 10.5. The number of fused-ring (bicyclic) bond motifs is 1. The number of urea groups is 1. The Kier molecular flexibility index (Phi) is 6.49. The molecule has 1 fully saturated rings. The summed E-state index contributed by atoms with van der Waals surface area (Å²) in [5.74, 6) is 1.85. The third-order valence-corrected chi connectivity index (χ3v) is 5.53. The van der Waals surface area contributed by atoms with Gasteiger partial charge >= 0.3 is 6.03 Å². The molecular formula is C23H29N5O2. The molecule has 1 aliphatic rings. The Balaban J connectivity index is 1.15. The Morgan fingerprint density at radius 2 is 1.87 bits per heavy atom. The number of carbonyl (C=O) groups excluding carboxylic acids is 1. The maximum Gasteiger partial charge on any atom is 0.317 e. The number of H-pyrrole nitrogens is 1. The van der Waals surface area contributed by atoms with E-state index in [-0.39, 0.29) is 6.03 Å². The van der Waals surface area contributed by atoms with Gasteiger partial charge in [-0.15, -0.1) is 0 Å². The van der Waals surface area contributed by atoms with Gasteiger partial charge < -0.3 is 19.9 Å². The minimum Gasteiger partial charge on any atom is -0.497 e. The number of carbonyl (C=O) groups is 1. The first-order chi connectivity index (χ1) is 14.7. The predicted octanol–water partition coefficient (Wildman–Crippen LogP) is 3.03. The summed E-state index contributed by atoms with van der Waals surface area (Å²) < 4.78 is 5.21. The standard InChI is InChI=1S/C23H29N5O2/c1-30-19-10-8-18(9-11-19)17-27-13-15-28(16-14-27)23(29)24-12-4-7-22-25-20-5-2-3-6-21(20)26-22/h2-3,5-6,8-11H,4,7,12-17H2,1H3,(H,24,29)(H,25,26). The van der Waals surface area contributed by atoms with Crippen molar-refractivity contribution in [3.8, 4) is 5.75 Å². The van der Waals surface area contributed by atoms with E-state index in [0.29, 0.717) is 6.54 Å². The van der Waals surface area contributed by atoms with Gasteiger partial charge in [0.05, 0.1) is 18.1 Å². The summed E-state index contributed by atoms with van der Waals surface area (Å²) in [6.45, 7) is 4.84. The van der Waals surface area contributed by atoms with Crippen LogP contribution >= 0.6 is 0 Å². The highest BCUT2D eigenvalue weighted by Gasteiger charge is 2.20. The van der Waals surface area contributed by atoms with E-state index in [4.69, 9.17) is 4.74 Å². The molecule has 1 aliphatic heterocycles. The van der Waals surface area contributed by atoms with E-state index in [1.807, 2.05) is 41.3 Å². The van der Waals surface area contributed by atoms with Crippen molar-refractivity contribution < 1.29 is 9.53 Å². The highest BCUT2D eigenvalue weighted by molar-refractivity contribution is 5.75. The van der Waals surface area contributed by atoms with Gasteiger partial charge in [-0.1, -0.05) is 24.3 Å². The van der Waals surface area contributed by atoms with Crippen LogP contribution in [0.5, 0.6) is 5.75 Å². The normalized spacial score (nSPS) is 14.8. The second-order valence-corrected chi connectivity index (χ2v) is 7.65. The molecule has 1 aromatic heterocycles. The molecular weight excluding hydrogens is 378 g/mol. The predicted molar refractivity (Wildman–Crippen MR) is 118 cm³/mol. The maximum absolute atomic E-state index is 12.4. The molecule has 0 bridgehead atoms. The number of rotatable bonds is 7. The third-order valence-electron chi connectivity index (χ3n) is 5.53. The van der Waals surface area contributed by atoms with Crippen molar-refractivity contribution in [3.63, 3.8) is 0 Å². The number of methoxy groups -OCH3 is 1. The monoisotopic (exact) mass is 407 g/mol. The minimum atomic E-state index is 0.0312. The molecule has 2 amide bonds. The fourth-order valence-electron chi connectivity index (χ4n) is 3.79. The van der Waals surface area contributed by atoms with Gasteiger partial charge in [0.15, 0.2) is 0 Å². The van der Waals surface area contributed by atoms with Crippen LogP contribution in [0.1, 0.15) is 17.8 Å². The van der Waals surface area contributed by atoms with Crippen molar-refractivity contribution in [1.29, 1.82) is 0 Å². The van der Waals surface area contributed by atoms with E-state index in [1.165, 1.54) is 5.56 Å². The zero-order chi connectivity index (χ0) is 20.8. The molecule has 7 heteroatoms. The van der Waals surface area contributed by atoms with E-state index in [1.54, 1.807) is 7.11 Å². The molecule has 4 rings (SSSR count). The minimum absolute atomic E-state index is 0.0312. The number of hydrogen-bond acceptors (Lipinski definition) is 4. The zero-order valence-corrected chi connectivity index (χ0v) is 17.4. The molecule has 0 saturated carbocycles. The van der Waals surface area contributed by atoms with Crippen molar-refractivity contribution in [2.75, 3.05) is 39.8 Å². The Labute approximate surface area is 177 Å². The fraction of sp³-hybridized carbons (Fsp3) is 0.391. The van der Waals surface area contributed by atoms with Crippen molar-refractivity contribution in [2.24, 2.45) is 0 Å².